The number of benzene rings is 3. The summed E-state index contributed by atoms with van der Waals surface area (Å²) in [5, 5.41) is -1.53. The van der Waals surface area contributed by atoms with Crippen LogP contribution in [0.4, 0.5) is 22.0 Å². The molecule has 0 radical (unpaired) electrons. The van der Waals surface area contributed by atoms with E-state index in [9.17, 15) is 39.7 Å². The molecule has 3 aromatic carbocycles. The van der Waals surface area contributed by atoms with Crippen molar-refractivity contribution in [1.82, 2.24) is 0 Å². The van der Waals surface area contributed by atoms with E-state index in [1.165, 1.54) is 15.9 Å². The van der Waals surface area contributed by atoms with E-state index in [0.29, 0.717) is 0 Å². The van der Waals surface area contributed by atoms with Gasteiger partial charge in [0.25, 0.3) is 6.10 Å². The third kappa shape index (κ3) is 8.18. The fraction of sp³-hybridized carbons (Fsp3) is 0.160. The van der Waals surface area contributed by atoms with Crippen LogP contribution in [-0.4, -0.2) is 36.5 Å². The summed E-state index contributed by atoms with van der Waals surface area (Å²) in [6.45, 7) is 3.67. The quantitative estimate of drug-likeness (QED) is 0.141. The second-order valence-electron chi connectivity index (χ2n) is 7.60. The van der Waals surface area contributed by atoms with E-state index in [2.05, 4.69) is 102 Å². The molecule has 0 spiro atoms. The molecule has 37 heavy (non-hydrogen) atoms. The zero-order chi connectivity index (χ0) is 27.9. The molecule has 0 fully saturated rings. The minimum absolute atomic E-state index is 0.677. The predicted molar refractivity (Wildman–Crippen MR) is 132 cm³/mol. The van der Waals surface area contributed by atoms with Gasteiger partial charge in [0.05, 0.1) is 7.92 Å². The number of ether oxygens (including phenoxy) is 1. The smallest absolute Gasteiger partial charge is 0.432 e. The van der Waals surface area contributed by atoms with Gasteiger partial charge in [-0.3, -0.25) is 0 Å². The van der Waals surface area contributed by atoms with Crippen molar-refractivity contribution in [3.05, 3.63) is 103 Å². The molecule has 0 aromatic heterocycles. The van der Waals surface area contributed by atoms with Crippen LogP contribution in [0.15, 0.2) is 103 Å². The van der Waals surface area contributed by atoms with Crippen molar-refractivity contribution >= 4 is 39.9 Å². The number of hydrogen-bond donors (Lipinski definition) is 0. The van der Waals surface area contributed by atoms with E-state index in [4.69, 9.17) is 0 Å². The lowest BCUT2D eigenvalue weighted by molar-refractivity contribution is -0.257. The Morgan fingerprint density at radius 3 is 1.38 bits per heavy atom. The fourth-order valence-electron chi connectivity index (χ4n) is 2.98. The topological polar surface area (TPSA) is 83.5 Å². The lowest BCUT2D eigenvalue weighted by atomic mass is 10.3. The Bertz CT molecular complexity index is 1190. The van der Waals surface area contributed by atoms with Crippen LogP contribution in [0.3, 0.4) is 0 Å². The van der Waals surface area contributed by atoms with E-state index in [1.54, 1.807) is 0 Å². The molecule has 0 aliphatic carbocycles. The molecule has 0 bridgehead atoms. The highest BCUT2D eigenvalue weighted by atomic mass is 32.2. The Morgan fingerprint density at radius 1 is 0.811 bits per heavy atom. The van der Waals surface area contributed by atoms with Gasteiger partial charge in [-0.2, -0.15) is 22.0 Å². The first-order valence-corrected chi connectivity index (χ1v) is 13.4. The summed E-state index contributed by atoms with van der Waals surface area (Å²) >= 11 is 0. The second-order valence-corrected chi connectivity index (χ2v) is 11.5. The zero-order valence-electron chi connectivity index (χ0n) is 19.3. The molecule has 0 aliphatic rings. The van der Waals surface area contributed by atoms with Crippen LogP contribution < -0.4 is 15.9 Å². The fourth-order valence-corrected chi connectivity index (χ4v) is 6.00. The zero-order valence-corrected chi connectivity index (χ0v) is 21.1. The van der Waals surface area contributed by atoms with Crippen LogP contribution in [0.2, 0.25) is 0 Å². The van der Waals surface area contributed by atoms with Crippen molar-refractivity contribution in [1.29, 1.82) is 0 Å². The third-order valence-corrected chi connectivity index (χ3v) is 8.31. The Morgan fingerprint density at radius 2 is 1.14 bits per heavy atom. The molecule has 3 aromatic rings. The van der Waals surface area contributed by atoms with Gasteiger partial charge in [0.2, 0.25) is 0 Å². The molecule has 3 rings (SSSR count). The minimum atomic E-state index is -6.67. The number of esters is 1. The average molecular weight is 560 g/mol. The summed E-state index contributed by atoms with van der Waals surface area (Å²) < 4.78 is 95.6. The Hall–Kier alpha value is -3.14. The largest absolute Gasteiger partial charge is 0.743 e. The van der Waals surface area contributed by atoms with Gasteiger partial charge in [0.15, 0.2) is 10.1 Å². The number of hydrogen-bond acceptors (Lipinski definition) is 5. The van der Waals surface area contributed by atoms with Crippen LogP contribution in [0.5, 0.6) is 0 Å². The molecule has 1 unspecified atom stereocenters. The highest BCUT2D eigenvalue weighted by Crippen LogP contribution is 2.38. The standard InChI is InChI=1S/C18H15P.C7H7F5O5S/c1-4-10-16(11-5-1)19(17-12-6-2-7-13-17)18-14-8-3-9-15-18;1-3(2)4(13)17-5(6(8,9)10)7(11,12)18(14,15)16/h1-15H;5H,1H2,2H3,(H,14,15,16). The number of carbonyl (C=O) groups is 1. The molecule has 0 N–H and O–H groups in total. The van der Waals surface area contributed by atoms with E-state index in [1.807, 2.05) is 0 Å². The summed E-state index contributed by atoms with van der Waals surface area (Å²) in [4.78, 5) is 10.7. The van der Waals surface area contributed by atoms with Gasteiger partial charge in [0, 0.05) is 5.57 Å². The predicted octanol–water partition coefficient (Wildman–Crippen LogP) is 4.35. The van der Waals surface area contributed by atoms with Gasteiger partial charge in [-0.05, 0) is 43.3 Å². The molecular weight excluding hydrogens is 538 g/mol. The van der Waals surface area contributed by atoms with Crippen molar-refractivity contribution in [3.8, 4) is 0 Å². The van der Waals surface area contributed by atoms with Crippen LogP contribution in [0, 0.1) is 0 Å². The minimum Gasteiger partial charge on any atom is -0.743 e. The normalized spacial score (nSPS) is 12.8. The molecule has 0 amide bonds. The summed E-state index contributed by atoms with van der Waals surface area (Å²) in [5.74, 6) is -1.90. The maximum absolute atomic E-state index is 12.8. The van der Waals surface area contributed by atoms with Gasteiger partial charge in [-0.25, -0.2) is 13.2 Å². The lowest BCUT2D eigenvalue weighted by Crippen LogP contribution is -2.52. The van der Waals surface area contributed by atoms with E-state index >= 15 is 0 Å². The van der Waals surface area contributed by atoms with Gasteiger partial charge in [0.1, 0.15) is 15.9 Å². The summed E-state index contributed by atoms with van der Waals surface area (Å²) in [5.41, 5.74) is -0.677. The summed E-state index contributed by atoms with van der Waals surface area (Å²) in [6, 6.07) is 32.5. The molecule has 0 saturated carbocycles. The van der Waals surface area contributed by atoms with Gasteiger partial charge in [-0.15, -0.1) is 0 Å². The Kier molecular flexibility index (Phi) is 10.1. The van der Waals surface area contributed by atoms with Crippen LogP contribution >= 0.6 is 7.92 Å². The first kappa shape index (κ1) is 30.1. The van der Waals surface area contributed by atoms with Gasteiger partial charge < -0.3 is 9.29 Å². The highest BCUT2D eigenvalue weighted by molar-refractivity contribution is 7.86. The molecule has 5 nitrogen and oxygen atoms in total. The van der Waals surface area contributed by atoms with Crippen LogP contribution in [0.1, 0.15) is 6.92 Å². The van der Waals surface area contributed by atoms with Gasteiger partial charge in [-0.1, -0.05) is 61.2 Å². The van der Waals surface area contributed by atoms with Crippen molar-refractivity contribution < 1.29 is 44.5 Å². The van der Waals surface area contributed by atoms with Gasteiger partial charge >= 0.3 is 17.4 Å². The monoisotopic (exact) mass is 560 g/mol. The molecular formula is C25H22F5O5PS. The van der Waals surface area contributed by atoms with Crippen molar-refractivity contribution in [3.63, 3.8) is 0 Å². The average Bonchev–Trinajstić information content (AvgIpc) is 2.83. The lowest BCUT2D eigenvalue weighted by Gasteiger charge is -2.29. The first-order chi connectivity index (χ1) is 17.2. The number of alkyl halides is 5. The number of carbonyl (C=O) groups excluding carboxylic acids is 1. The van der Waals surface area contributed by atoms with Crippen molar-refractivity contribution in [2.24, 2.45) is 0 Å². The van der Waals surface area contributed by atoms with E-state index in [-0.39, 0.29) is 0 Å². The molecule has 1 atom stereocenters. The second kappa shape index (κ2) is 12.4. The molecule has 0 heterocycles. The van der Waals surface area contributed by atoms with Crippen molar-refractivity contribution in [2.45, 2.75) is 24.5 Å². The Balaban J connectivity index is 0.000000261. The van der Waals surface area contributed by atoms with E-state index < -0.39 is 47.1 Å². The van der Waals surface area contributed by atoms with Crippen LogP contribution in [0.25, 0.3) is 0 Å². The first-order valence-electron chi connectivity index (χ1n) is 10.5. The molecule has 0 aliphatic heterocycles. The molecule has 12 heteroatoms. The maximum Gasteiger partial charge on any atom is 0.432 e. The summed E-state index contributed by atoms with van der Waals surface area (Å²) in [7, 11) is -7.54. The van der Waals surface area contributed by atoms with E-state index in [0.717, 1.165) is 6.92 Å². The van der Waals surface area contributed by atoms with Crippen LogP contribution in [-0.2, 0) is 19.6 Å². The maximum atomic E-state index is 12.8. The molecule has 0 saturated heterocycles. The Labute approximate surface area is 212 Å². The number of halogens is 5. The summed E-state index contributed by atoms with van der Waals surface area (Å²) in [6.07, 6.45) is -10.3. The SMILES string of the molecule is C=C(C)C(=O)OC(C(F)(F)F)C(F)(F)S(=O)(=O)[O-].c1ccc([PH+](c2ccccc2)c2ccccc2)cc1. The third-order valence-electron chi connectivity index (χ3n) is 4.70. The molecule has 198 valence electrons. The highest BCUT2D eigenvalue weighted by Gasteiger charge is 2.62. The van der Waals surface area contributed by atoms with Crippen molar-refractivity contribution in [2.75, 3.05) is 0 Å². The number of rotatable bonds is 7.